The molecule has 1 rings (SSSR count). The minimum atomic E-state index is -0.457. The summed E-state index contributed by atoms with van der Waals surface area (Å²) in [6.45, 7) is 2.67. The highest BCUT2D eigenvalue weighted by molar-refractivity contribution is 5.91. The third-order valence-electron chi connectivity index (χ3n) is 4.93. The van der Waals surface area contributed by atoms with E-state index in [4.69, 9.17) is 9.47 Å². The summed E-state index contributed by atoms with van der Waals surface area (Å²) >= 11 is 0. The Balaban J connectivity index is 1.92. The van der Waals surface area contributed by atoms with E-state index in [2.05, 4.69) is 6.92 Å². The van der Waals surface area contributed by atoms with E-state index in [0.717, 1.165) is 38.5 Å². The van der Waals surface area contributed by atoms with Gasteiger partial charge in [0.15, 0.2) is 0 Å². The van der Waals surface area contributed by atoms with Gasteiger partial charge in [-0.25, -0.2) is 9.59 Å². The van der Waals surface area contributed by atoms with Crippen LogP contribution in [0.4, 0.5) is 0 Å². The number of hydrogen-bond donors (Lipinski definition) is 0. The van der Waals surface area contributed by atoms with Crippen molar-refractivity contribution in [3.63, 3.8) is 0 Å². The molecule has 0 unspecified atom stereocenters. The molecule has 26 heavy (non-hydrogen) atoms. The zero-order valence-electron chi connectivity index (χ0n) is 16.7. The molecule has 1 saturated carbocycles. The molecule has 0 aromatic heterocycles. The summed E-state index contributed by atoms with van der Waals surface area (Å²) in [4.78, 5) is 23.2. The lowest BCUT2D eigenvalue weighted by Crippen LogP contribution is -2.19. The van der Waals surface area contributed by atoms with Crippen LogP contribution in [-0.4, -0.2) is 24.6 Å². The number of hydrogen-bond acceptors (Lipinski definition) is 4. The Hall–Kier alpha value is -1.32. The van der Waals surface area contributed by atoms with Crippen molar-refractivity contribution in [1.82, 2.24) is 0 Å². The first-order valence-corrected chi connectivity index (χ1v) is 10.8. The fourth-order valence-corrected chi connectivity index (χ4v) is 3.33. The minimum Gasteiger partial charge on any atom is -0.463 e. The van der Waals surface area contributed by atoms with E-state index in [9.17, 15) is 9.59 Å². The molecule has 4 nitrogen and oxygen atoms in total. The molecule has 0 aromatic carbocycles. The highest BCUT2D eigenvalue weighted by Crippen LogP contribution is 2.20. The molecule has 0 N–H and O–H groups in total. The molecule has 0 atom stereocenters. The van der Waals surface area contributed by atoms with Gasteiger partial charge in [-0.15, -0.1) is 0 Å². The first-order valence-electron chi connectivity index (χ1n) is 10.8. The van der Waals surface area contributed by atoms with Gasteiger partial charge in [-0.3, -0.25) is 0 Å². The Bertz CT molecular complexity index is 397. The van der Waals surface area contributed by atoms with Crippen molar-refractivity contribution < 1.29 is 19.1 Å². The van der Waals surface area contributed by atoms with Crippen LogP contribution in [-0.2, 0) is 19.1 Å². The van der Waals surface area contributed by atoms with E-state index in [1.807, 2.05) is 0 Å². The lowest BCUT2D eigenvalue weighted by atomic mass is 9.98. The maximum absolute atomic E-state index is 11.7. The average Bonchev–Trinajstić information content (AvgIpc) is 2.65. The predicted molar refractivity (Wildman–Crippen MR) is 105 cm³/mol. The van der Waals surface area contributed by atoms with Crippen LogP contribution in [0.15, 0.2) is 12.2 Å². The largest absolute Gasteiger partial charge is 0.463 e. The molecule has 0 radical (unpaired) electrons. The molecule has 1 fully saturated rings. The van der Waals surface area contributed by atoms with Crippen LogP contribution in [0.2, 0.25) is 0 Å². The standard InChI is InChI=1S/C22H38O4/c1-2-3-4-5-6-7-8-9-10-14-19-25-21(23)17-18-22(24)26-20-15-12-11-13-16-20/h17-18,20H,2-16,19H2,1H3/b18-17+. The van der Waals surface area contributed by atoms with Crippen molar-refractivity contribution in [1.29, 1.82) is 0 Å². The molecular weight excluding hydrogens is 328 g/mol. The molecular formula is C22H38O4. The maximum Gasteiger partial charge on any atom is 0.331 e. The molecule has 150 valence electrons. The average molecular weight is 367 g/mol. The van der Waals surface area contributed by atoms with Gasteiger partial charge >= 0.3 is 11.9 Å². The Morgan fingerprint density at radius 1 is 0.769 bits per heavy atom. The lowest BCUT2D eigenvalue weighted by molar-refractivity contribution is -0.145. The zero-order chi connectivity index (χ0) is 18.9. The summed E-state index contributed by atoms with van der Waals surface area (Å²) in [5.41, 5.74) is 0. The quantitative estimate of drug-likeness (QED) is 0.219. The molecule has 4 heteroatoms. The van der Waals surface area contributed by atoms with Crippen molar-refractivity contribution in [2.24, 2.45) is 0 Å². The van der Waals surface area contributed by atoms with E-state index in [-0.39, 0.29) is 6.10 Å². The number of carbonyl (C=O) groups is 2. The number of carbonyl (C=O) groups excluding carboxylic acids is 2. The van der Waals surface area contributed by atoms with E-state index in [1.54, 1.807) is 0 Å². The van der Waals surface area contributed by atoms with Crippen molar-refractivity contribution >= 4 is 11.9 Å². The van der Waals surface area contributed by atoms with E-state index in [1.165, 1.54) is 69.9 Å². The van der Waals surface area contributed by atoms with Gasteiger partial charge in [0.25, 0.3) is 0 Å². The van der Waals surface area contributed by atoms with Crippen LogP contribution in [0.25, 0.3) is 0 Å². The monoisotopic (exact) mass is 366 g/mol. The second-order valence-corrected chi connectivity index (χ2v) is 7.38. The Kier molecular flexibility index (Phi) is 13.9. The molecule has 0 spiro atoms. The fraction of sp³-hybridized carbons (Fsp3) is 0.818. The SMILES string of the molecule is CCCCCCCCCCCCOC(=O)/C=C/C(=O)OC1CCCCC1. The van der Waals surface area contributed by atoms with Crippen LogP contribution >= 0.6 is 0 Å². The van der Waals surface area contributed by atoms with E-state index >= 15 is 0 Å². The second kappa shape index (κ2) is 15.9. The van der Waals surface area contributed by atoms with Crippen LogP contribution in [0, 0.1) is 0 Å². The molecule has 0 bridgehead atoms. The number of rotatable bonds is 14. The van der Waals surface area contributed by atoms with Crippen LogP contribution in [0.1, 0.15) is 103 Å². The first kappa shape index (κ1) is 22.7. The van der Waals surface area contributed by atoms with Gasteiger partial charge in [0.2, 0.25) is 0 Å². The van der Waals surface area contributed by atoms with Crippen LogP contribution in [0.5, 0.6) is 0 Å². The van der Waals surface area contributed by atoms with Crippen LogP contribution < -0.4 is 0 Å². The van der Waals surface area contributed by atoms with E-state index in [0.29, 0.717) is 6.61 Å². The molecule has 0 heterocycles. The van der Waals surface area contributed by atoms with Gasteiger partial charge in [0.1, 0.15) is 6.10 Å². The second-order valence-electron chi connectivity index (χ2n) is 7.38. The predicted octanol–water partition coefficient (Wildman–Crippen LogP) is 5.88. The fourth-order valence-electron chi connectivity index (χ4n) is 3.33. The van der Waals surface area contributed by atoms with Gasteiger partial charge in [-0.05, 0) is 32.1 Å². The molecule has 1 aliphatic rings. The Morgan fingerprint density at radius 3 is 1.92 bits per heavy atom. The zero-order valence-corrected chi connectivity index (χ0v) is 16.7. The lowest BCUT2D eigenvalue weighted by Gasteiger charge is -2.20. The third-order valence-corrected chi connectivity index (χ3v) is 4.93. The molecule has 0 saturated heterocycles. The maximum atomic E-state index is 11.7. The Morgan fingerprint density at radius 2 is 1.31 bits per heavy atom. The summed E-state index contributed by atoms with van der Waals surface area (Å²) in [6.07, 6.45) is 20.2. The summed E-state index contributed by atoms with van der Waals surface area (Å²) in [5.74, 6) is -0.894. The van der Waals surface area contributed by atoms with Crippen molar-refractivity contribution in [3.05, 3.63) is 12.2 Å². The van der Waals surface area contributed by atoms with Gasteiger partial charge in [0, 0.05) is 12.2 Å². The van der Waals surface area contributed by atoms with Gasteiger partial charge in [-0.2, -0.15) is 0 Å². The normalized spacial score (nSPS) is 15.3. The van der Waals surface area contributed by atoms with Crippen molar-refractivity contribution in [3.8, 4) is 0 Å². The summed E-state index contributed by atoms with van der Waals surface area (Å²) in [6, 6.07) is 0. The highest BCUT2D eigenvalue weighted by atomic mass is 16.5. The topological polar surface area (TPSA) is 52.6 Å². The minimum absolute atomic E-state index is 0.0172. The molecule has 0 aliphatic heterocycles. The third kappa shape index (κ3) is 13.0. The van der Waals surface area contributed by atoms with Gasteiger partial charge < -0.3 is 9.47 Å². The molecule has 0 amide bonds. The summed E-state index contributed by atoms with van der Waals surface area (Å²) in [5, 5.41) is 0. The number of unbranched alkanes of at least 4 members (excludes halogenated alkanes) is 9. The summed E-state index contributed by atoms with van der Waals surface area (Å²) < 4.78 is 10.4. The van der Waals surface area contributed by atoms with E-state index < -0.39 is 11.9 Å². The van der Waals surface area contributed by atoms with Gasteiger partial charge in [0.05, 0.1) is 6.61 Å². The number of esters is 2. The Labute approximate surface area is 159 Å². The molecule has 1 aliphatic carbocycles. The molecule has 0 aromatic rings. The van der Waals surface area contributed by atoms with Crippen LogP contribution in [0.3, 0.4) is 0 Å². The van der Waals surface area contributed by atoms with Crippen molar-refractivity contribution in [2.45, 2.75) is 109 Å². The summed E-state index contributed by atoms with van der Waals surface area (Å²) in [7, 11) is 0. The van der Waals surface area contributed by atoms with Crippen molar-refractivity contribution in [2.75, 3.05) is 6.61 Å². The van der Waals surface area contributed by atoms with Gasteiger partial charge in [-0.1, -0.05) is 71.1 Å². The smallest absolute Gasteiger partial charge is 0.331 e. The highest BCUT2D eigenvalue weighted by Gasteiger charge is 2.16. The number of ether oxygens (including phenoxy) is 2. The first-order chi connectivity index (χ1) is 12.7.